The number of likely N-dealkylation sites (N-methyl/N-ethyl adjacent to an activating group) is 1. The van der Waals surface area contributed by atoms with Gasteiger partial charge >= 0.3 is 0 Å². The number of benzene rings is 3. The zero-order valence-corrected chi connectivity index (χ0v) is 24.8. The molecule has 0 spiro atoms. The molecule has 0 bridgehead atoms. The number of halogens is 2. The molecule has 0 saturated heterocycles. The summed E-state index contributed by atoms with van der Waals surface area (Å²) in [6.45, 7) is 5.25. The summed E-state index contributed by atoms with van der Waals surface area (Å²) in [4.78, 5) is 28.8. The van der Waals surface area contributed by atoms with E-state index in [4.69, 9.17) is 23.2 Å². The Hall–Kier alpha value is -3.07. The summed E-state index contributed by atoms with van der Waals surface area (Å²) in [5.74, 6) is -0.932. The summed E-state index contributed by atoms with van der Waals surface area (Å²) < 4.78 is 26.9. The van der Waals surface area contributed by atoms with E-state index in [0.717, 1.165) is 21.7 Å². The van der Waals surface area contributed by atoms with E-state index >= 15 is 0 Å². The highest BCUT2D eigenvalue weighted by molar-refractivity contribution is 7.92. The topological polar surface area (TPSA) is 86.8 Å². The molecule has 2 amide bonds. The first-order valence-corrected chi connectivity index (χ1v) is 15.1. The SMILES string of the molecule is CCNC(=O)C(Cc1ccccc1)N(Cc1c(Cl)cccc1Cl)C(=O)CN(c1ccc(C)cc1C)S(C)(=O)=O. The number of hydrogen-bond donors (Lipinski definition) is 1. The number of hydrogen-bond acceptors (Lipinski definition) is 4. The molecule has 1 atom stereocenters. The number of amides is 2. The normalized spacial score (nSPS) is 12.1. The molecule has 0 radical (unpaired) electrons. The van der Waals surface area contributed by atoms with Crippen molar-refractivity contribution in [2.24, 2.45) is 0 Å². The third-order valence-corrected chi connectivity index (χ3v) is 8.15. The lowest BCUT2D eigenvalue weighted by atomic mass is 10.0. The van der Waals surface area contributed by atoms with Gasteiger partial charge in [-0.05, 0) is 50.1 Å². The van der Waals surface area contributed by atoms with E-state index in [1.165, 1.54) is 4.90 Å². The molecule has 0 aliphatic rings. The molecule has 39 heavy (non-hydrogen) atoms. The van der Waals surface area contributed by atoms with Gasteiger partial charge in [0.05, 0.1) is 11.9 Å². The molecule has 7 nitrogen and oxygen atoms in total. The van der Waals surface area contributed by atoms with E-state index in [1.807, 2.05) is 43.3 Å². The van der Waals surface area contributed by atoms with Gasteiger partial charge in [0.25, 0.3) is 0 Å². The molecule has 3 rings (SSSR count). The van der Waals surface area contributed by atoms with Crippen molar-refractivity contribution in [1.29, 1.82) is 0 Å². The lowest BCUT2D eigenvalue weighted by Gasteiger charge is -2.34. The second-order valence-electron chi connectivity index (χ2n) is 9.38. The molecule has 0 aliphatic carbocycles. The zero-order chi connectivity index (χ0) is 28.7. The molecule has 0 heterocycles. The van der Waals surface area contributed by atoms with E-state index in [9.17, 15) is 18.0 Å². The Kier molecular flexibility index (Phi) is 10.4. The van der Waals surface area contributed by atoms with Crippen LogP contribution < -0.4 is 9.62 Å². The number of nitrogens with one attached hydrogen (secondary N) is 1. The summed E-state index contributed by atoms with van der Waals surface area (Å²) in [5, 5.41) is 3.49. The number of sulfonamides is 1. The predicted octanol–water partition coefficient (Wildman–Crippen LogP) is 5.15. The number of carbonyl (C=O) groups excluding carboxylic acids is 2. The smallest absolute Gasteiger partial charge is 0.244 e. The first-order chi connectivity index (χ1) is 18.4. The standard InChI is InChI=1S/C29H33Cl2N3O4S/c1-5-32-29(36)27(17-22-10-7-6-8-11-22)33(18-23-24(30)12-9-13-25(23)31)28(35)19-34(39(4,37)38)26-15-14-20(2)16-21(26)3/h6-16,27H,5,17-19H2,1-4H3,(H,32,36). The van der Waals surface area contributed by atoms with Gasteiger partial charge in [0.15, 0.2) is 0 Å². The Labute approximate surface area is 240 Å². The fourth-order valence-corrected chi connectivity index (χ4v) is 5.80. The maximum Gasteiger partial charge on any atom is 0.244 e. The van der Waals surface area contributed by atoms with E-state index in [1.54, 1.807) is 44.2 Å². The predicted molar refractivity (Wildman–Crippen MR) is 158 cm³/mol. The van der Waals surface area contributed by atoms with Crippen LogP contribution in [0.1, 0.15) is 29.2 Å². The molecule has 1 N–H and O–H groups in total. The van der Waals surface area contributed by atoms with Crippen LogP contribution in [0.2, 0.25) is 10.0 Å². The Bertz CT molecular complexity index is 1410. The van der Waals surface area contributed by atoms with Gasteiger partial charge in [0.2, 0.25) is 21.8 Å². The van der Waals surface area contributed by atoms with Crippen molar-refractivity contribution < 1.29 is 18.0 Å². The number of rotatable bonds is 11. The number of nitrogens with zero attached hydrogens (tertiary/aromatic N) is 2. The van der Waals surface area contributed by atoms with Crippen LogP contribution in [0.15, 0.2) is 66.7 Å². The zero-order valence-electron chi connectivity index (χ0n) is 22.4. The second kappa shape index (κ2) is 13.3. The van der Waals surface area contributed by atoms with Crippen LogP contribution in [0, 0.1) is 13.8 Å². The molecule has 0 aliphatic heterocycles. The van der Waals surface area contributed by atoms with Gasteiger partial charge in [-0.15, -0.1) is 0 Å². The van der Waals surface area contributed by atoms with Crippen LogP contribution in [0.3, 0.4) is 0 Å². The molecular formula is C29H33Cl2N3O4S. The summed E-state index contributed by atoms with van der Waals surface area (Å²) in [6, 6.07) is 18.7. The molecule has 10 heteroatoms. The Morgan fingerprint density at radius 1 is 0.949 bits per heavy atom. The van der Waals surface area contributed by atoms with Crippen LogP contribution in [0.4, 0.5) is 5.69 Å². The third kappa shape index (κ3) is 7.97. The summed E-state index contributed by atoms with van der Waals surface area (Å²) in [7, 11) is -3.85. The van der Waals surface area contributed by atoms with Crippen molar-refractivity contribution in [2.75, 3.05) is 23.7 Å². The highest BCUT2D eigenvalue weighted by atomic mass is 35.5. The molecule has 3 aromatic carbocycles. The monoisotopic (exact) mass is 589 g/mol. The van der Waals surface area contributed by atoms with Crippen molar-refractivity contribution in [3.63, 3.8) is 0 Å². The number of anilines is 1. The Morgan fingerprint density at radius 2 is 1.59 bits per heavy atom. The molecule has 3 aromatic rings. The molecule has 0 aromatic heterocycles. The van der Waals surface area contributed by atoms with Gasteiger partial charge in [0.1, 0.15) is 12.6 Å². The maximum absolute atomic E-state index is 14.1. The van der Waals surface area contributed by atoms with Crippen LogP contribution in [0.25, 0.3) is 0 Å². The fraction of sp³-hybridized carbons (Fsp3) is 0.310. The average Bonchev–Trinajstić information content (AvgIpc) is 2.86. The maximum atomic E-state index is 14.1. The lowest BCUT2D eigenvalue weighted by Crippen LogP contribution is -2.53. The van der Waals surface area contributed by atoms with Crippen molar-refractivity contribution in [1.82, 2.24) is 10.2 Å². The minimum absolute atomic E-state index is 0.0868. The van der Waals surface area contributed by atoms with E-state index in [2.05, 4.69) is 5.32 Å². The van der Waals surface area contributed by atoms with Gasteiger partial charge < -0.3 is 10.2 Å². The molecule has 0 saturated carbocycles. The van der Waals surface area contributed by atoms with Gasteiger partial charge in [0, 0.05) is 35.1 Å². The highest BCUT2D eigenvalue weighted by Crippen LogP contribution is 2.28. The van der Waals surface area contributed by atoms with Crippen molar-refractivity contribution in [3.05, 3.63) is 99.0 Å². The van der Waals surface area contributed by atoms with Crippen LogP contribution in [-0.2, 0) is 32.6 Å². The molecule has 208 valence electrons. The fourth-order valence-electron chi connectivity index (χ4n) is 4.38. The highest BCUT2D eigenvalue weighted by Gasteiger charge is 2.33. The summed E-state index contributed by atoms with van der Waals surface area (Å²) in [5.41, 5.74) is 3.37. The minimum Gasteiger partial charge on any atom is -0.355 e. The van der Waals surface area contributed by atoms with Gasteiger partial charge in [-0.3, -0.25) is 13.9 Å². The van der Waals surface area contributed by atoms with Crippen molar-refractivity contribution >= 4 is 50.7 Å². The van der Waals surface area contributed by atoms with E-state index < -0.39 is 28.5 Å². The average molecular weight is 591 g/mol. The summed E-state index contributed by atoms with van der Waals surface area (Å²) >= 11 is 12.9. The summed E-state index contributed by atoms with van der Waals surface area (Å²) in [6.07, 6.45) is 1.27. The molecule has 1 unspecified atom stereocenters. The minimum atomic E-state index is -3.85. The first-order valence-electron chi connectivity index (χ1n) is 12.5. The van der Waals surface area contributed by atoms with Crippen LogP contribution in [0.5, 0.6) is 0 Å². The van der Waals surface area contributed by atoms with Crippen LogP contribution >= 0.6 is 23.2 Å². The largest absolute Gasteiger partial charge is 0.355 e. The number of carbonyl (C=O) groups is 2. The second-order valence-corrected chi connectivity index (χ2v) is 12.1. The Morgan fingerprint density at radius 3 is 2.15 bits per heavy atom. The van der Waals surface area contributed by atoms with Gasteiger partial charge in [-0.1, -0.05) is 77.3 Å². The quantitative estimate of drug-likeness (QED) is 0.335. The van der Waals surface area contributed by atoms with Crippen molar-refractivity contribution in [3.8, 4) is 0 Å². The first kappa shape index (κ1) is 30.5. The van der Waals surface area contributed by atoms with Crippen LogP contribution in [-0.4, -0.2) is 50.5 Å². The van der Waals surface area contributed by atoms with E-state index in [-0.39, 0.29) is 18.9 Å². The molecular weight excluding hydrogens is 557 g/mol. The third-order valence-electron chi connectivity index (χ3n) is 6.31. The lowest BCUT2D eigenvalue weighted by molar-refractivity contribution is -0.140. The molecule has 0 fully saturated rings. The Balaban J connectivity index is 2.10. The van der Waals surface area contributed by atoms with Gasteiger partial charge in [-0.2, -0.15) is 0 Å². The van der Waals surface area contributed by atoms with Crippen molar-refractivity contribution in [2.45, 2.75) is 39.8 Å². The van der Waals surface area contributed by atoms with Gasteiger partial charge in [-0.25, -0.2) is 8.42 Å². The number of aryl methyl sites for hydroxylation is 2. The van der Waals surface area contributed by atoms with E-state index in [0.29, 0.717) is 33.4 Å².